The normalized spacial score (nSPS) is 21.0. The molecule has 2 fully saturated rings. The minimum atomic E-state index is 0.264. The lowest BCUT2D eigenvalue weighted by Crippen LogP contribution is -2.26. The standard InChI is InChI=1S/C17H24N2O/c20-17-12-7-13-19(17)16-11-6-5-10-15(16)18-14-8-3-1-2-4-9-14/h5-6,10-11,14,18H,1-4,7-9,12-13H2. The van der Waals surface area contributed by atoms with Crippen LogP contribution in [-0.4, -0.2) is 18.5 Å². The Labute approximate surface area is 121 Å². The van der Waals surface area contributed by atoms with E-state index in [9.17, 15) is 4.79 Å². The number of amides is 1. The molecule has 1 aliphatic heterocycles. The Hall–Kier alpha value is -1.51. The fraction of sp³-hybridized carbons (Fsp3) is 0.588. The van der Waals surface area contributed by atoms with Gasteiger partial charge in [0, 0.05) is 19.0 Å². The number of para-hydroxylation sites is 2. The lowest BCUT2D eigenvalue weighted by Gasteiger charge is -2.24. The average Bonchev–Trinajstić information content (AvgIpc) is 2.73. The molecule has 1 amide bonds. The maximum absolute atomic E-state index is 12.0. The summed E-state index contributed by atoms with van der Waals surface area (Å²) in [4.78, 5) is 13.9. The van der Waals surface area contributed by atoms with Crippen LogP contribution in [0.2, 0.25) is 0 Å². The maximum atomic E-state index is 12.0. The van der Waals surface area contributed by atoms with Gasteiger partial charge in [0.2, 0.25) is 5.91 Å². The first-order chi connectivity index (χ1) is 9.84. The van der Waals surface area contributed by atoms with Crippen LogP contribution in [0.15, 0.2) is 24.3 Å². The Morgan fingerprint density at radius 1 is 1.00 bits per heavy atom. The highest BCUT2D eigenvalue weighted by Crippen LogP contribution is 2.31. The van der Waals surface area contributed by atoms with Crippen molar-refractivity contribution in [3.63, 3.8) is 0 Å². The second kappa shape index (κ2) is 6.29. The Balaban J connectivity index is 1.76. The number of carbonyl (C=O) groups excluding carboxylic acids is 1. The van der Waals surface area contributed by atoms with Crippen molar-refractivity contribution >= 4 is 17.3 Å². The number of carbonyl (C=O) groups is 1. The van der Waals surface area contributed by atoms with E-state index in [-0.39, 0.29) is 5.91 Å². The van der Waals surface area contributed by atoms with Crippen molar-refractivity contribution in [1.29, 1.82) is 0 Å². The monoisotopic (exact) mass is 272 g/mol. The molecule has 3 rings (SSSR count). The van der Waals surface area contributed by atoms with Crippen LogP contribution < -0.4 is 10.2 Å². The van der Waals surface area contributed by atoms with E-state index < -0.39 is 0 Å². The molecule has 20 heavy (non-hydrogen) atoms. The van der Waals surface area contributed by atoms with Gasteiger partial charge in [-0.3, -0.25) is 4.79 Å². The van der Waals surface area contributed by atoms with E-state index in [0.29, 0.717) is 12.5 Å². The number of anilines is 2. The van der Waals surface area contributed by atoms with Crippen molar-refractivity contribution < 1.29 is 4.79 Å². The molecule has 1 aromatic rings. The van der Waals surface area contributed by atoms with Crippen LogP contribution >= 0.6 is 0 Å². The van der Waals surface area contributed by atoms with Gasteiger partial charge in [-0.1, -0.05) is 37.8 Å². The van der Waals surface area contributed by atoms with Gasteiger partial charge in [0.25, 0.3) is 0 Å². The number of rotatable bonds is 3. The molecule has 1 saturated carbocycles. The highest BCUT2D eigenvalue weighted by atomic mass is 16.2. The van der Waals surface area contributed by atoms with Gasteiger partial charge in [0.05, 0.1) is 11.4 Å². The first kappa shape index (κ1) is 13.5. The van der Waals surface area contributed by atoms with Crippen molar-refractivity contribution in [3.05, 3.63) is 24.3 Å². The summed E-state index contributed by atoms with van der Waals surface area (Å²) in [5, 5.41) is 3.69. The summed E-state index contributed by atoms with van der Waals surface area (Å²) in [6.45, 7) is 0.863. The van der Waals surface area contributed by atoms with Gasteiger partial charge in [-0.05, 0) is 31.4 Å². The molecule has 0 bridgehead atoms. The van der Waals surface area contributed by atoms with Crippen molar-refractivity contribution in [2.24, 2.45) is 0 Å². The van der Waals surface area contributed by atoms with E-state index >= 15 is 0 Å². The molecule has 1 saturated heterocycles. The van der Waals surface area contributed by atoms with Gasteiger partial charge in [0.1, 0.15) is 0 Å². The lowest BCUT2D eigenvalue weighted by molar-refractivity contribution is -0.117. The van der Waals surface area contributed by atoms with Crippen molar-refractivity contribution in [1.82, 2.24) is 0 Å². The van der Waals surface area contributed by atoms with Crippen LogP contribution in [-0.2, 0) is 4.79 Å². The summed E-state index contributed by atoms with van der Waals surface area (Å²) in [6, 6.07) is 8.84. The fourth-order valence-electron chi connectivity index (χ4n) is 3.38. The summed E-state index contributed by atoms with van der Waals surface area (Å²) in [7, 11) is 0. The molecule has 0 unspecified atom stereocenters. The van der Waals surface area contributed by atoms with E-state index in [1.165, 1.54) is 38.5 Å². The first-order valence-corrected chi connectivity index (χ1v) is 8.00. The molecule has 108 valence electrons. The molecule has 1 heterocycles. The molecule has 0 radical (unpaired) electrons. The minimum absolute atomic E-state index is 0.264. The van der Waals surface area contributed by atoms with Crippen LogP contribution in [0, 0.1) is 0 Å². The van der Waals surface area contributed by atoms with Crippen LogP contribution in [0.5, 0.6) is 0 Å². The van der Waals surface area contributed by atoms with Crippen molar-refractivity contribution in [3.8, 4) is 0 Å². The van der Waals surface area contributed by atoms with E-state index in [4.69, 9.17) is 0 Å². The second-order valence-corrected chi connectivity index (χ2v) is 6.00. The highest BCUT2D eigenvalue weighted by molar-refractivity contribution is 5.98. The van der Waals surface area contributed by atoms with E-state index in [1.54, 1.807) is 0 Å². The summed E-state index contributed by atoms with van der Waals surface area (Å²) in [5.41, 5.74) is 2.20. The largest absolute Gasteiger partial charge is 0.381 e. The van der Waals surface area contributed by atoms with Crippen LogP contribution in [0.1, 0.15) is 51.4 Å². The molecular formula is C17H24N2O. The number of nitrogens with zero attached hydrogens (tertiary/aromatic N) is 1. The van der Waals surface area contributed by atoms with Gasteiger partial charge in [-0.2, -0.15) is 0 Å². The maximum Gasteiger partial charge on any atom is 0.227 e. The van der Waals surface area contributed by atoms with Gasteiger partial charge < -0.3 is 10.2 Å². The zero-order valence-electron chi connectivity index (χ0n) is 12.1. The molecule has 0 atom stereocenters. The van der Waals surface area contributed by atoms with Crippen LogP contribution in [0.3, 0.4) is 0 Å². The van der Waals surface area contributed by atoms with E-state index in [0.717, 1.165) is 24.3 Å². The third-order valence-electron chi connectivity index (χ3n) is 4.48. The number of hydrogen-bond acceptors (Lipinski definition) is 2. The first-order valence-electron chi connectivity index (χ1n) is 8.00. The zero-order chi connectivity index (χ0) is 13.8. The Morgan fingerprint density at radius 3 is 2.45 bits per heavy atom. The highest BCUT2D eigenvalue weighted by Gasteiger charge is 2.24. The molecule has 2 aliphatic rings. The average molecular weight is 272 g/mol. The molecule has 1 aromatic carbocycles. The quantitative estimate of drug-likeness (QED) is 0.845. The molecular weight excluding hydrogens is 248 g/mol. The lowest BCUT2D eigenvalue weighted by atomic mass is 10.1. The molecule has 0 aromatic heterocycles. The Kier molecular flexibility index (Phi) is 4.24. The summed E-state index contributed by atoms with van der Waals surface area (Å²) in [6.07, 6.45) is 9.55. The topological polar surface area (TPSA) is 32.3 Å². The third-order valence-corrected chi connectivity index (χ3v) is 4.48. The van der Waals surface area contributed by atoms with Crippen LogP contribution in [0.25, 0.3) is 0 Å². The molecule has 3 heteroatoms. The summed E-state index contributed by atoms with van der Waals surface area (Å²) < 4.78 is 0. The van der Waals surface area contributed by atoms with Gasteiger partial charge in [-0.15, -0.1) is 0 Å². The van der Waals surface area contributed by atoms with Crippen molar-refractivity contribution in [2.45, 2.75) is 57.4 Å². The third kappa shape index (κ3) is 2.97. The van der Waals surface area contributed by atoms with E-state index in [2.05, 4.69) is 23.5 Å². The fourth-order valence-corrected chi connectivity index (χ4v) is 3.38. The molecule has 1 N–H and O–H groups in total. The predicted molar refractivity (Wildman–Crippen MR) is 83.1 cm³/mol. The minimum Gasteiger partial charge on any atom is -0.381 e. The smallest absolute Gasteiger partial charge is 0.227 e. The molecule has 0 spiro atoms. The van der Waals surface area contributed by atoms with Gasteiger partial charge >= 0.3 is 0 Å². The SMILES string of the molecule is O=C1CCCN1c1ccccc1NC1CCCCCC1. The van der Waals surface area contributed by atoms with Gasteiger partial charge in [-0.25, -0.2) is 0 Å². The van der Waals surface area contributed by atoms with Crippen LogP contribution in [0.4, 0.5) is 11.4 Å². The summed E-state index contributed by atoms with van der Waals surface area (Å²) in [5.74, 6) is 0.264. The Morgan fingerprint density at radius 2 is 1.75 bits per heavy atom. The second-order valence-electron chi connectivity index (χ2n) is 6.00. The van der Waals surface area contributed by atoms with Crippen molar-refractivity contribution in [2.75, 3.05) is 16.8 Å². The number of nitrogens with one attached hydrogen (secondary N) is 1. The molecule has 3 nitrogen and oxygen atoms in total. The van der Waals surface area contributed by atoms with E-state index in [1.807, 2.05) is 11.0 Å². The number of hydrogen-bond donors (Lipinski definition) is 1. The zero-order valence-corrected chi connectivity index (χ0v) is 12.1. The molecule has 1 aliphatic carbocycles. The predicted octanol–water partition coefficient (Wildman–Crippen LogP) is 3.95. The van der Waals surface area contributed by atoms with Gasteiger partial charge in [0.15, 0.2) is 0 Å². The Bertz CT molecular complexity index is 464. The number of benzene rings is 1. The summed E-state index contributed by atoms with van der Waals surface area (Å²) >= 11 is 0.